The van der Waals surface area contributed by atoms with Crippen LogP contribution in [-0.2, 0) is 17.6 Å². The van der Waals surface area contributed by atoms with E-state index in [-0.39, 0.29) is 17.9 Å². The Hall–Kier alpha value is -3.67. The third-order valence-electron chi connectivity index (χ3n) is 7.24. The lowest BCUT2D eigenvalue weighted by atomic mass is 9.83. The number of carbonyl (C=O) groups excluding carboxylic acids is 1. The van der Waals surface area contributed by atoms with Gasteiger partial charge in [-0.15, -0.1) is 0 Å². The van der Waals surface area contributed by atoms with Crippen molar-refractivity contribution in [2.24, 2.45) is 5.92 Å². The third-order valence-corrected chi connectivity index (χ3v) is 7.24. The molecule has 2 aliphatic rings. The van der Waals surface area contributed by atoms with Crippen LogP contribution in [0.25, 0.3) is 0 Å². The first kappa shape index (κ1) is 23.1. The molecule has 2 heterocycles. The Morgan fingerprint density at radius 3 is 2.51 bits per heavy atom. The van der Waals surface area contributed by atoms with Gasteiger partial charge in [-0.3, -0.25) is 4.79 Å². The van der Waals surface area contributed by atoms with Gasteiger partial charge >= 0.3 is 0 Å². The summed E-state index contributed by atoms with van der Waals surface area (Å²) in [6, 6.07) is 25.1. The van der Waals surface area contributed by atoms with E-state index in [4.69, 9.17) is 9.47 Å². The van der Waals surface area contributed by atoms with Crippen LogP contribution >= 0.6 is 0 Å². The molecule has 0 spiro atoms. The minimum absolute atomic E-state index is 0.0955. The van der Waals surface area contributed by atoms with Gasteiger partial charge in [0, 0.05) is 37.6 Å². The standard InChI is InChI=1S/C29H33N3O3/c1-34-27-13-12-21(18-28(27)35-2)14-15-30-29(33)24-19-22-8-6-7-11-25(22)32-17-16-31(20-26(24)32)23-9-4-3-5-10-23/h3-13,18,24,26H,14-17,19-20H2,1-2H3,(H,30,33)/t24-,26+/m0/s1. The van der Waals surface area contributed by atoms with E-state index >= 15 is 0 Å². The van der Waals surface area contributed by atoms with Crippen LogP contribution in [0.2, 0.25) is 0 Å². The largest absolute Gasteiger partial charge is 0.493 e. The van der Waals surface area contributed by atoms with Crippen LogP contribution in [0.3, 0.4) is 0 Å². The van der Waals surface area contributed by atoms with Crippen LogP contribution in [0, 0.1) is 5.92 Å². The Morgan fingerprint density at radius 1 is 0.943 bits per heavy atom. The maximum atomic E-state index is 13.5. The molecule has 6 heteroatoms. The van der Waals surface area contributed by atoms with E-state index in [1.54, 1.807) is 14.2 Å². The second kappa shape index (κ2) is 10.3. The molecular formula is C29H33N3O3. The molecule has 0 unspecified atom stereocenters. The van der Waals surface area contributed by atoms with Gasteiger partial charge < -0.3 is 24.6 Å². The molecule has 1 amide bonds. The number of anilines is 2. The molecule has 1 N–H and O–H groups in total. The molecule has 182 valence electrons. The second-order valence-electron chi connectivity index (χ2n) is 9.21. The Kier molecular flexibility index (Phi) is 6.80. The predicted octanol–water partition coefficient (Wildman–Crippen LogP) is 3.93. The van der Waals surface area contributed by atoms with Crippen LogP contribution in [0.4, 0.5) is 11.4 Å². The lowest BCUT2D eigenvalue weighted by molar-refractivity contribution is -0.125. The van der Waals surface area contributed by atoms with E-state index in [0.717, 1.165) is 38.0 Å². The second-order valence-corrected chi connectivity index (χ2v) is 9.21. The van der Waals surface area contributed by atoms with Gasteiger partial charge in [-0.1, -0.05) is 42.5 Å². The summed E-state index contributed by atoms with van der Waals surface area (Å²) in [5.74, 6) is 1.45. The molecule has 0 aromatic heterocycles. The number of methoxy groups -OCH3 is 2. The van der Waals surface area contributed by atoms with Crippen LogP contribution in [0.5, 0.6) is 11.5 Å². The van der Waals surface area contributed by atoms with Crippen LogP contribution < -0.4 is 24.6 Å². The van der Waals surface area contributed by atoms with Crippen molar-refractivity contribution < 1.29 is 14.3 Å². The van der Waals surface area contributed by atoms with Crippen LogP contribution in [-0.4, -0.2) is 52.3 Å². The van der Waals surface area contributed by atoms with Crippen molar-refractivity contribution >= 4 is 17.3 Å². The highest BCUT2D eigenvalue weighted by Crippen LogP contribution is 2.37. The van der Waals surface area contributed by atoms with E-state index in [1.807, 2.05) is 24.3 Å². The quantitative estimate of drug-likeness (QED) is 0.566. The normalized spacial score (nSPS) is 18.9. The number of piperazine rings is 1. The van der Waals surface area contributed by atoms with Gasteiger partial charge in [-0.2, -0.15) is 0 Å². The smallest absolute Gasteiger partial charge is 0.225 e. The van der Waals surface area contributed by atoms with Crippen molar-refractivity contribution in [1.82, 2.24) is 5.32 Å². The SMILES string of the molecule is COc1ccc(CCNC(=O)[C@H]2Cc3ccccc3N3CCN(c4ccccc4)C[C@H]23)cc1OC. The number of amides is 1. The molecule has 2 atom stereocenters. The predicted molar refractivity (Wildman–Crippen MR) is 140 cm³/mol. The Morgan fingerprint density at radius 2 is 1.71 bits per heavy atom. The summed E-state index contributed by atoms with van der Waals surface area (Å²) in [5.41, 5.74) is 4.86. The van der Waals surface area contributed by atoms with Gasteiger partial charge in [-0.25, -0.2) is 0 Å². The minimum atomic E-state index is -0.0955. The zero-order chi connectivity index (χ0) is 24.2. The van der Waals surface area contributed by atoms with Crippen molar-refractivity contribution in [2.75, 3.05) is 50.2 Å². The minimum Gasteiger partial charge on any atom is -0.493 e. The summed E-state index contributed by atoms with van der Waals surface area (Å²) in [7, 11) is 3.27. The van der Waals surface area contributed by atoms with Crippen molar-refractivity contribution in [2.45, 2.75) is 18.9 Å². The molecule has 0 aliphatic carbocycles. The van der Waals surface area contributed by atoms with Crippen LogP contribution in [0.1, 0.15) is 11.1 Å². The van der Waals surface area contributed by atoms with Gasteiger partial charge in [0.25, 0.3) is 0 Å². The number of para-hydroxylation sites is 2. The topological polar surface area (TPSA) is 54.0 Å². The molecule has 2 aliphatic heterocycles. The zero-order valence-electron chi connectivity index (χ0n) is 20.4. The fraction of sp³-hybridized carbons (Fsp3) is 0.345. The Bertz CT molecular complexity index is 1170. The van der Waals surface area contributed by atoms with E-state index in [0.29, 0.717) is 18.0 Å². The van der Waals surface area contributed by atoms with E-state index in [9.17, 15) is 4.79 Å². The summed E-state index contributed by atoms with van der Waals surface area (Å²) in [5, 5.41) is 3.23. The Labute approximate surface area is 207 Å². The number of ether oxygens (including phenoxy) is 2. The number of fused-ring (bicyclic) bond motifs is 3. The Balaban J connectivity index is 1.30. The summed E-state index contributed by atoms with van der Waals surface area (Å²) in [6.07, 6.45) is 1.50. The van der Waals surface area contributed by atoms with Crippen molar-refractivity contribution in [3.63, 3.8) is 0 Å². The maximum Gasteiger partial charge on any atom is 0.225 e. The first-order valence-electron chi connectivity index (χ1n) is 12.3. The van der Waals surface area contributed by atoms with Gasteiger partial charge in [-0.05, 0) is 54.3 Å². The highest BCUT2D eigenvalue weighted by atomic mass is 16.5. The number of carbonyl (C=O) groups is 1. The number of nitrogens with one attached hydrogen (secondary N) is 1. The third kappa shape index (κ3) is 4.78. The molecule has 1 fully saturated rings. The summed E-state index contributed by atoms with van der Waals surface area (Å²) < 4.78 is 10.7. The number of hydrogen-bond acceptors (Lipinski definition) is 5. The highest BCUT2D eigenvalue weighted by molar-refractivity contribution is 5.82. The molecule has 1 saturated heterocycles. The lowest BCUT2D eigenvalue weighted by Gasteiger charge is -2.49. The number of hydrogen-bond donors (Lipinski definition) is 1. The van der Waals surface area contributed by atoms with E-state index in [1.165, 1.54) is 16.9 Å². The number of benzene rings is 3. The molecule has 3 aromatic rings. The van der Waals surface area contributed by atoms with Gasteiger partial charge in [0.15, 0.2) is 11.5 Å². The van der Waals surface area contributed by atoms with Crippen molar-refractivity contribution in [3.05, 3.63) is 83.9 Å². The fourth-order valence-corrected chi connectivity index (χ4v) is 5.43. The molecule has 6 nitrogen and oxygen atoms in total. The number of rotatable bonds is 7. The first-order valence-corrected chi connectivity index (χ1v) is 12.3. The molecule has 35 heavy (non-hydrogen) atoms. The molecule has 0 radical (unpaired) electrons. The van der Waals surface area contributed by atoms with Crippen molar-refractivity contribution in [3.8, 4) is 11.5 Å². The molecular weight excluding hydrogens is 438 g/mol. The van der Waals surface area contributed by atoms with Gasteiger partial charge in [0.05, 0.1) is 26.2 Å². The van der Waals surface area contributed by atoms with Crippen molar-refractivity contribution in [1.29, 1.82) is 0 Å². The summed E-state index contributed by atoms with van der Waals surface area (Å²) in [4.78, 5) is 18.4. The van der Waals surface area contributed by atoms with Crippen LogP contribution in [0.15, 0.2) is 72.8 Å². The first-order chi connectivity index (χ1) is 17.2. The van der Waals surface area contributed by atoms with E-state index < -0.39 is 0 Å². The molecule has 0 bridgehead atoms. The highest BCUT2D eigenvalue weighted by Gasteiger charge is 2.41. The lowest BCUT2D eigenvalue weighted by Crippen LogP contribution is -2.61. The fourth-order valence-electron chi connectivity index (χ4n) is 5.43. The monoisotopic (exact) mass is 471 g/mol. The molecule has 5 rings (SSSR count). The van der Waals surface area contributed by atoms with Gasteiger partial charge in [0.1, 0.15) is 0 Å². The maximum absolute atomic E-state index is 13.5. The molecule has 0 saturated carbocycles. The van der Waals surface area contributed by atoms with Gasteiger partial charge in [0.2, 0.25) is 5.91 Å². The summed E-state index contributed by atoms with van der Waals surface area (Å²) in [6.45, 7) is 3.28. The zero-order valence-corrected chi connectivity index (χ0v) is 20.4. The average molecular weight is 472 g/mol. The molecule has 3 aromatic carbocycles. The average Bonchev–Trinajstić information content (AvgIpc) is 2.92. The summed E-state index contributed by atoms with van der Waals surface area (Å²) >= 11 is 0. The number of nitrogens with zero attached hydrogens (tertiary/aromatic N) is 2. The van der Waals surface area contributed by atoms with E-state index in [2.05, 4.69) is 63.6 Å².